The molecule has 11 heteroatoms. The number of amides is 2. The highest BCUT2D eigenvalue weighted by Crippen LogP contribution is 2.37. The summed E-state index contributed by atoms with van der Waals surface area (Å²) in [4.78, 5) is 26.9. The van der Waals surface area contributed by atoms with Gasteiger partial charge in [0.2, 0.25) is 21.8 Å². The first-order valence-corrected chi connectivity index (χ1v) is 16.1. The lowest BCUT2D eigenvalue weighted by atomic mass is 9.97. The van der Waals surface area contributed by atoms with Gasteiger partial charge < -0.3 is 20.7 Å². The molecule has 0 aliphatic carbocycles. The fourth-order valence-electron chi connectivity index (χ4n) is 5.75. The molecule has 2 aliphatic rings. The summed E-state index contributed by atoms with van der Waals surface area (Å²) < 4.78 is 35.3. The summed E-state index contributed by atoms with van der Waals surface area (Å²) in [5.74, 6) is -0.285. The highest BCUT2D eigenvalue weighted by molar-refractivity contribution is 7.89. The van der Waals surface area contributed by atoms with Gasteiger partial charge in [0, 0.05) is 41.2 Å². The number of carbonyl (C=O) groups is 2. The standard InChI is InChI=1S/C31H43ClN4O5S/c1-18-11-19(2)28(20(3)12-18)42(39,40)36-17-31(7,8)35-29(38)25(36)15-27(37)34-24-9-10-41-26-13-21(16-33-30(4,5)6)23(32)14-22(24)26/h11-14,24-25,33H,9-10,15-17H2,1-8H3,(H,34,37)(H,35,38)/t24-,25-/m1/s1. The van der Waals surface area contributed by atoms with E-state index in [1.54, 1.807) is 27.7 Å². The molecule has 2 aromatic rings. The Kier molecular flexibility index (Phi) is 9.05. The molecule has 0 saturated carbocycles. The number of aryl methyl sites for hydroxylation is 3. The van der Waals surface area contributed by atoms with Crippen molar-refractivity contribution < 1.29 is 22.7 Å². The number of ether oxygens (including phenoxy) is 1. The zero-order valence-corrected chi connectivity index (χ0v) is 27.3. The van der Waals surface area contributed by atoms with Crippen molar-refractivity contribution in [3.63, 3.8) is 0 Å². The second-order valence-corrected chi connectivity index (χ2v) is 15.4. The van der Waals surface area contributed by atoms with Crippen LogP contribution in [0.3, 0.4) is 0 Å². The molecule has 0 bridgehead atoms. The van der Waals surface area contributed by atoms with Crippen molar-refractivity contribution in [3.8, 4) is 5.75 Å². The fourth-order valence-corrected chi connectivity index (χ4v) is 8.15. The summed E-state index contributed by atoms with van der Waals surface area (Å²) in [6, 6.07) is 5.75. The van der Waals surface area contributed by atoms with E-state index in [4.69, 9.17) is 16.3 Å². The van der Waals surface area contributed by atoms with Gasteiger partial charge in [-0.25, -0.2) is 8.42 Å². The maximum atomic E-state index is 14.1. The summed E-state index contributed by atoms with van der Waals surface area (Å²) in [6.45, 7) is 16.2. The van der Waals surface area contributed by atoms with E-state index < -0.39 is 39.5 Å². The number of fused-ring (bicyclic) bond motifs is 1. The van der Waals surface area contributed by atoms with Crippen molar-refractivity contribution in [1.82, 2.24) is 20.3 Å². The Balaban J connectivity index is 1.58. The molecule has 2 atom stereocenters. The zero-order chi connectivity index (χ0) is 31.2. The smallest absolute Gasteiger partial charge is 0.244 e. The molecule has 3 N–H and O–H groups in total. The molecule has 4 rings (SSSR count). The second-order valence-electron chi connectivity index (χ2n) is 13.2. The Morgan fingerprint density at radius 3 is 2.40 bits per heavy atom. The lowest BCUT2D eigenvalue weighted by Gasteiger charge is -2.43. The maximum Gasteiger partial charge on any atom is 0.244 e. The Morgan fingerprint density at radius 2 is 1.79 bits per heavy atom. The molecular formula is C31H43ClN4O5S. The van der Waals surface area contributed by atoms with Gasteiger partial charge in [-0.2, -0.15) is 4.31 Å². The molecule has 0 spiro atoms. The van der Waals surface area contributed by atoms with Gasteiger partial charge in [0.1, 0.15) is 11.8 Å². The summed E-state index contributed by atoms with van der Waals surface area (Å²) in [5.41, 5.74) is 2.91. The highest BCUT2D eigenvalue weighted by atomic mass is 35.5. The van der Waals surface area contributed by atoms with Crippen LogP contribution in [0, 0.1) is 20.8 Å². The number of nitrogens with zero attached hydrogens (tertiary/aromatic N) is 1. The molecule has 0 unspecified atom stereocenters. The van der Waals surface area contributed by atoms with Crippen molar-refractivity contribution in [2.45, 2.75) is 103 Å². The van der Waals surface area contributed by atoms with Crippen molar-refractivity contribution in [1.29, 1.82) is 0 Å². The van der Waals surface area contributed by atoms with Crippen LogP contribution in [0.15, 0.2) is 29.2 Å². The van der Waals surface area contributed by atoms with E-state index in [1.807, 2.05) is 31.2 Å². The third-order valence-electron chi connectivity index (χ3n) is 7.58. The number of benzene rings is 2. The molecule has 1 fully saturated rings. The minimum atomic E-state index is -4.10. The molecule has 0 radical (unpaired) electrons. The van der Waals surface area contributed by atoms with Gasteiger partial charge in [-0.3, -0.25) is 9.59 Å². The Hall–Kier alpha value is -2.66. The van der Waals surface area contributed by atoms with Gasteiger partial charge in [0.15, 0.2) is 0 Å². The van der Waals surface area contributed by atoms with Gasteiger partial charge in [0.05, 0.1) is 24.0 Å². The lowest BCUT2D eigenvalue weighted by Crippen LogP contribution is -2.66. The number of nitrogens with one attached hydrogen (secondary N) is 3. The van der Waals surface area contributed by atoms with Crippen molar-refractivity contribution in [2.75, 3.05) is 13.2 Å². The van der Waals surface area contributed by atoms with Gasteiger partial charge in [0.25, 0.3) is 0 Å². The SMILES string of the molecule is Cc1cc(C)c(S(=O)(=O)N2CC(C)(C)NC(=O)[C@H]2CC(=O)N[C@@H]2CCOc3cc(CNC(C)(C)C)c(Cl)cc32)c(C)c1. The van der Waals surface area contributed by atoms with Crippen LogP contribution in [0.5, 0.6) is 5.75 Å². The summed E-state index contributed by atoms with van der Waals surface area (Å²) >= 11 is 6.62. The molecular weight excluding hydrogens is 576 g/mol. The predicted octanol–water partition coefficient (Wildman–Crippen LogP) is 4.45. The largest absolute Gasteiger partial charge is 0.493 e. The third kappa shape index (κ3) is 7.10. The average Bonchev–Trinajstić information content (AvgIpc) is 2.83. The second kappa shape index (κ2) is 11.8. The van der Waals surface area contributed by atoms with Crippen LogP contribution in [0.2, 0.25) is 5.02 Å². The highest BCUT2D eigenvalue weighted by Gasteiger charge is 2.46. The monoisotopic (exact) mass is 618 g/mol. The van der Waals surface area contributed by atoms with E-state index in [0.717, 1.165) is 16.7 Å². The van der Waals surface area contributed by atoms with Crippen molar-refractivity contribution in [3.05, 3.63) is 57.1 Å². The summed E-state index contributed by atoms with van der Waals surface area (Å²) in [6.07, 6.45) is 0.196. The number of rotatable bonds is 7. The Bertz CT molecular complexity index is 1480. The molecule has 2 aliphatic heterocycles. The van der Waals surface area contributed by atoms with E-state index in [1.165, 1.54) is 4.31 Å². The molecule has 2 heterocycles. The summed E-state index contributed by atoms with van der Waals surface area (Å²) in [5, 5.41) is 9.89. The van der Waals surface area contributed by atoms with E-state index >= 15 is 0 Å². The number of piperazine rings is 1. The Morgan fingerprint density at radius 1 is 1.14 bits per heavy atom. The third-order valence-corrected chi connectivity index (χ3v) is 10.1. The molecule has 2 amide bonds. The van der Waals surface area contributed by atoms with Crippen molar-refractivity contribution >= 4 is 33.4 Å². The first-order chi connectivity index (χ1) is 19.4. The van der Waals surface area contributed by atoms with E-state index in [-0.39, 0.29) is 23.4 Å². The number of hydrogen-bond acceptors (Lipinski definition) is 6. The first-order valence-electron chi connectivity index (χ1n) is 14.3. The molecule has 42 heavy (non-hydrogen) atoms. The number of sulfonamides is 1. The van der Waals surface area contributed by atoms with Gasteiger partial charge >= 0.3 is 0 Å². The average molecular weight is 619 g/mol. The molecule has 9 nitrogen and oxygen atoms in total. The Labute approximate surface area is 254 Å². The van der Waals surface area contributed by atoms with E-state index in [2.05, 4.69) is 36.7 Å². The topological polar surface area (TPSA) is 117 Å². The number of halogens is 1. The van der Waals surface area contributed by atoms with Crippen LogP contribution in [0.4, 0.5) is 0 Å². The summed E-state index contributed by atoms with van der Waals surface area (Å²) in [7, 11) is -4.10. The van der Waals surface area contributed by atoms with E-state index in [0.29, 0.717) is 41.5 Å². The molecule has 230 valence electrons. The molecule has 2 aromatic carbocycles. The van der Waals surface area contributed by atoms with Crippen LogP contribution in [0.25, 0.3) is 0 Å². The van der Waals surface area contributed by atoms with Crippen LogP contribution in [-0.2, 0) is 26.2 Å². The van der Waals surface area contributed by atoms with Crippen LogP contribution in [-0.4, -0.2) is 54.8 Å². The quantitative estimate of drug-likeness (QED) is 0.422. The van der Waals surface area contributed by atoms with Gasteiger partial charge in [-0.05, 0) is 84.2 Å². The first kappa shape index (κ1) is 32.3. The number of carbonyl (C=O) groups excluding carboxylic acids is 2. The number of hydrogen-bond donors (Lipinski definition) is 3. The minimum absolute atomic E-state index is 0.0346. The minimum Gasteiger partial charge on any atom is -0.493 e. The van der Waals surface area contributed by atoms with Crippen LogP contribution in [0.1, 0.15) is 81.3 Å². The molecule has 0 aromatic heterocycles. The van der Waals surface area contributed by atoms with E-state index in [9.17, 15) is 18.0 Å². The fraction of sp³-hybridized carbons (Fsp3) is 0.548. The lowest BCUT2D eigenvalue weighted by molar-refractivity contribution is -0.134. The van der Waals surface area contributed by atoms with Gasteiger partial charge in [-0.1, -0.05) is 29.3 Å². The van der Waals surface area contributed by atoms with Crippen LogP contribution >= 0.6 is 11.6 Å². The van der Waals surface area contributed by atoms with Crippen molar-refractivity contribution in [2.24, 2.45) is 0 Å². The maximum absolute atomic E-state index is 14.1. The molecule has 1 saturated heterocycles. The van der Waals surface area contributed by atoms with Gasteiger partial charge in [-0.15, -0.1) is 0 Å². The van der Waals surface area contributed by atoms with Crippen LogP contribution < -0.4 is 20.7 Å². The normalized spacial score (nSPS) is 20.8. The zero-order valence-electron chi connectivity index (χ0n) is 25.8. The predicted molar refractivity (Wildman–Crippen MR) is 164 cm³/mol.